The number of ether oxygens (including phenoxy) is 1. The normalized spacial score (nSPS) is 9.91. The second-order valence-corrected chi connectivity index (χ2v) is 2.46. The highest BCUT2D eigenvalue weighted by Crippen LogP contribution is 1.81. The number of methoxy groups -OCH3 is 1. The van der Waals surface area contributed by atoms with E-state index < -0.39 is 0 Å². The van der Waals surface area contributed by atoms with Gasteiger partial charge in [-0.15, -0.1) is 0 Å². The van der Waals surface area contributed by atoms with Crippen LogP contribution in [-0.2, 0) is 11.3 Å². The van der Waals surface area contributed by atoms with Crippen molar-refractivity contribution in [3.63, 3.8) is 0 Å². The summed E-state index contributed by atoms with van der Waals surface area (Å²) in [7, 11) is 1.73. The molecule has 0 saturated carbocycles. The average molecular weight is 152 g/mol. The molecule has 11 heavy (non-hydrogen) atoms. The molecule has 0 unspecified atom stereocenters. The molecular formula is C9H14NO+. The van der Waals surface area contributed by atoms with Crippen molar-refractivity contribution < 1.29 is 9.30 Å². The molecule has 2 heteroatoms. The summed E-state index contributed by atoms with van der Waals surface area (Å²) in [4.78, 5) is 0. The maximum absolute atomic E-state index is 4.95. The molecule has 0 N–H and O–H groups in total. The number of rotatable bonds is 4. The molecule has 0 spiro atoms. The van der Waals surface area contributed by atoms with Gasteiger partial charge in [-0.25, -0.2) is 4.57 Å². The first-order valence-corrected chi connectivity index (χ1v) is 3.86. The molecule has 0 radical (unpaired) electrons. The van der Waals surface area contributed by atoms with Gasteiger partial charge in [0.25, 0.3) is 0 Å². The first-order valence-electron chi connectivity index (χ1n) is 3.86. The molecule has 0 aliphatic carbocycles. The molecule has 0 atom stereocenters. The molecule has 0 bridgehead atoms. The largest absolute Gasteiger partial charge is 0.384 e. The van der Waals surface area contributed by atoms with E-state index in [0.29, 0.717) is 0 Å². The first-order chi connectivity index (χ1) is 5.43. The van der Waals surface area contributed by atoms with E-state index in [0.717, 1.165) is 19.6 Å². The summed E-state index contributed by atoms with van der Waals surface area (Å²) in [5, 5.41) is 0. The third-order valence-corrected chi connectivity index (χ3v) is 1.54. The fourth-order valence-corrected chi connectivity index (χ4v) is 0.975. The highest BCUT2D eigenvalue weighted by atomic mass is 16.5. The highest BCUT2D eigenvalue weighted by Gasteiger charge is 1.95. The third kappa shape index (κ3) is 3.14. The van der Waals surface area contributed by atoms with Gasteiger partial charge in [0.05, 0.1) is 6.61 Å². The van der Waals surface area contributed by atoms with Gasteiger partial charge in [-0.1, -0.05) is 6.07 Å². The Hall–Kier alpha value is -0.890. The summed E-state index contributed by atoms with van der Waals surface area (Å²) in [6.45, 7) is 1.87. The van der Waals surface area contributed by atoms with Crippen LogP contribution in [0.2, 0.25) is 0 Å². The molecule has 1 heterocycles. The van der Waals surface area contributed by atoms with Crippen LogP contribution in [0.15, 0.2) is 30.6 Å². The Morgan fingerprint density at radius 2 is 1.91 bits per heavy atom. The highest BCUT2D eigenvalue weighted by molar-refractivity contribution is 4.83. The van der Waals surface area contributed by atoms with Crippen molar-refractivity contribution in [2.24, 2.45) is 0 Å². The summed E-state index contributed by atoms with van der Waals surface area (Å²) in [6.07, 6.45) is 5.20. The maximum Gasteiger partial charge on any atom is 0.168 e. The van der Waals surface area contributed by atoms with E-state index in [2.05, 4.69) is 17.0 Å². The second-order valence-electron chi connectivity index (χ2n) is 2.46. The lowest BCUT2D eigenvalue weighted by molar-refractivity contribution is -0.697. The van der Waals surface area contributed by atoms with Crippen molar-refractivity contribution >= 4 is 0 Å². The van der Waals surface area contributed by atoms with Crippen LogP contribution >= 0.6 is 0 Å². The molecule has 60 valence electrons. The molecule has 1 aromatic heterocycles. The molecule has 0 fully saturated rings. The van der Waals surface area contributed by atoms with Crippen LogP contribution in [0.5, 0.6) is 0 Å². The van der Waals surface area contributed by atoms with Gasteiger partial charge in [-0.3, -0.25) is 0 Å². The van der Waals surface area contributed by atoms with E-state index in [1.807, 2.05) is 18.2 Å². The molecule has 0 amide bonds. The predicted molar refractivity (Wildman–Crippen MR) is 43.1 cm³/mol. The van der Waals surface area contributed by atoms with E-state index in [-0.39, 0.29) is 0 Å². The van der Waals surface area contributed by atoms with Crippen molar-refractivity contribution in [3.05, 3.63) is 30.6 Å². The Morgan fingerprint density at radius 1 is 1.18 bits per heavy atom. The topological polar surface area (TPSA) is 13.1 Å². The monoisotopic (exact) mass is 152 g/mol. The van der Waals surface area contributed by atoms with Gasteiger partial charge in [0.2, 0.25) is 0 Å². The van der Waals surface area contributed by atoms with Crippen molar-refractivity contribution in [2.45, 2.75) is 13.0 Å². The predicted octanol–water partition coefficient (Wildman–Crippen LogP) is 1.01. The van der Waals surface area contributed by atoms with E-state index in [1.165, 1.54) is 0 Å². The molecule has 0 aliphatic heterocycles. The average Bonchev–Trinajstić information content (AvgIpc) is 2.07. The Morgan fingerprint density at radius 3 is 2.55 bits per heavy atom. The van der Waals surface area contributed by atoms with Crippen molar-refractivity contribution in [1.29, 1.82) is 0 Å². The standard InChI is InChI=1S/C9H14NO/c1-11-9-5-8-10-6-3-2-4-7-10/h2-4,6-7H,5,8-9H2,1H3/q+1. The first kappa shape index (κ1) is 8.21. The summed E-state index contributed by atoms with van der Waals surface area (Å²) in [5.41, 5.74) is 0. The van der Waals surface area contributed by atoms with Crippen LogP contribution in [-0.4, -0.2) is 13.7 Å². The van der Waals surface area contributed by atoms with Crippen LogP contribution < -0.4 is 4.57 Å². The van der Waals surface area contributed by atoms with Crippen molar-refractivity contribution in [2.75, 3.05) is 13.7 Å². The Labute approximate surface area is 67.4 Å². The Balaban J connectivity index is 2.28. The zero-order chi connectivity index (χ0) is 7.94. The quantitative estimate of drug-likeness (QED) is 0.463. The maximum atomic E-state index is 4.95. The second kappa shape index (κ2) is 4.85. The van der Waals surface area contributed by atoms with Crippen LogP contribution in [0.3, 0.4) is 0 Å². The third-order valence-electron chi connectivity index (χ3n) is 1.54. The zero-order valence-electron chi connectivity index (χ0n) is 6.86. The van der Waals surface area contributed by atoms with Gasteiger partial charge < -0.3 is 4.74 Å². The number of aromatic nitrogens is 1. The minimum Gasteiger partial charge on any atom is -0.384 e. The molecule has 1 rings (SSSR count). The molecule has 0 aliphatic rings. The van der Waals surface area contributed by atoms with Crippen LogP contribution in [0.25, 0.3) is 0 Å². The van der Waals surface area contributed by atoms with Gasteiger partial charge in [-0.05, 0) is 0 Å². The molecule has 1 aromatic rings. The summed E-state index contributed by atoms with van der Waals surface area (Å²) >= 11 is 0. The minimum absolute atomic E-state index is 0.835. The molecule has 0 saturated heterocycles. The lowest BCUT2D eigenvalue weighted by atomic mass is 10.4. The van der Waals surface area contributed by atoms with Crippen LogP contribution in [0.1, 0.15) is 6.42 Å². The van der Waals surface area contributed by atoms with Crippen molar-refractivity contribution in [3.8, 4) is 0 Å². The number of pyridine rings is 1. The zero-order valence-corrected chi connectivity index (χ0v) is 6.86. The number of aryl methyl sites for hydroxylation is 1. The minimum atomic E-state index is 0.835. The molecular weight excluding hydrogens is 138 g/mol. The SMILES string of the molecule is COCCC[n+]1ccccc1. The van der Waals surface area contributed by atoms with Crippen LogP contribution in [0.4, 0.5) is 0 Å². The van der Waals surface area contributed by atoms with Crippen molar-refractivity contribution in [1.82, 2.24) is 0 Å². The number of hydrogen-bond donors (Lipinski definition) is 0. The fourth-order valence-electron chi connectivity index (χ4n) is 0.975. The number of hydrogen-bond acceptors (Lipinski definition) is 1. The van der Waals surface area contributed by atoms with E-state index in [4.69, 9.17) is 4.74 Å². The molecule has 0 aromatic carbocycles. The fraction of sp³-hybridized carbons (Fsp3) is 0.444. The Bertz CT molecular complexity index is 186. The summed E-state index contributed by atoms with van der Waals surface area (Å²) < 4.78 is 7.10. The lowest BCUT2D eigenvalue weighted by Crippen LogP contribution is -2.32. The van der Waals surface area contributed by atoms with Gasteiger partial charge in [0.15, 0.2) is 18.9 Å². The lowest BCUT2D eigenvalue weighted by Gasteiger charge is -1.94. The van der Waals surface area contributed by atoms with E-state index in [9.17, 15) is 0 Å². The summed E-state index contributed by atoms with van der Waals surface area (Å²) in [5.74, 6) is 0. The van der Waals surface area contributed by atoms with Gasteiger partial charge >= 0.3 is 0 Å². The van der Waals surface area contributed by atoms with Gasteiger partial charge in [0, 0.05) is 25.7 Å². The number of nitrogens with zero attached hydrogens (tertiary/aromatic N) is 1. The van der Waals surface area contributed by atoms with Crippen LogP contribution in [0, 0.1) is 0 Å². The smallest absolute Gasteiger partial charge is 0.168 e. The van der Waals surface area contributed by atoms with E-state index >= 15 is 0 Å². The van der Waals surface area contributed by atoms with Gasteiger partial charge in [0.1, 0.15) is 0 Å². The van der Waals surface area contributed by atoms with Gasteiger partial charge in [-0.2, -0.15) is 0 Å². The summed E-state index contributed by atoms with van der Waals surface area (Å²) in [6, 6.07) is 6.09. The van der Waals surface area contributed by atoms with E-state index in [1.54, 1.807) is 7.11 Å². The molecule has 2 nitrogen and oxygen atoms in total. The Kier molecular flexibility index (Phi) is 3.62.